The van der Waals surface area contributed by atoms with E-state index < -0.39 is 28.3 Å². The summed E-state index contributed by atoms with van der Waals surface area (Å²) in [7, 11) is -2.99. The first-order chi connectivity index (χ1) is 6.89. The fourth-order valence-corrected chi connectivity index (χ4v) is 3.28. The maximum atomic E-state index is 12.0. The fourth-order valence-electron chi connectivity index (χ4n) is 1.68. The first kappa shape index (κ1) is 12.8. The zero-order chi connectivity index (χ0) is 11.5. The van der Waals surface area contributed by atoms with Gasteiger partial charge in [-0.3, -0.25) is 0 Å². The molecule has 1 aliphatic rings. The van der Waals surface area contributed by atoms with Crippen molar-refractivity contribution in [3.8, 4) is 0 Å². The van der Waals surface area contributed by atoms with Gasteiger partial charge in [-0.25, -0.2) is 17.2 Å². The number of hydrogen-bond acceptors (Lipinski definition) is 4. The highest BCUT2D eigenvalue weighted by atomic mass is 32.2. The molecule has 1 rings (SSSR count). The van der Waals surface area contributed by atoms with Gasteiger partial charge in [-0.2, -0.15) is 0 Å². The Balaban J connectivity index is 2.56. The molecule has 1 saturated heterocycles. The van der Waals surface area contributed by atoms with Crippen molar-refractivity contribution in [2.24, 2.45) is 5.73 Å². The normalized spacial score (nSPS) is 24.3. The highest BCUT2D eigenvalue weighted by Crippen LogP contribution is 2.22. The zero-order valence-corrected chi connectivity index (χ0v) is 9.19. The molecule has 0 radical (unpaired) electrons. The second kappa shape index (κ2) is 4.71. The molecule has 15 heavy (non-hydrogen) atoms. The Morgan fingerprint density at radius 3 is 2.27 bits per heavy atom. The molecule has 0 aliphatic carbocycles. The highest BCUT2D eigenvalue weighted by molar-refractivity contribution is 7.91. The molecule has 0 aromatic heterocycles. The van der Waals surface area contributed by atoms with Gasteiger partial charge >= 0.3 is 0 Å². The van der Waals surface area contributed by atoms with E-state index in [0.29, 0.717) is 12.8 Å². The monoisotopic (exact) mass is 242 g/mol. The minimum Gasteiger partial charge on any atom is -0.329 e. The van der Waals surface area contributed by atoms with E-state index in [-0.39, 0.29) is 18.1 Å². The van der Waals surface area contributed by atoms with Gasteiger partial charge in [0, 0.05) is 12.1 Å². The van der Waals surface area contributed by atoms with E-state index in [2.05, 4.69) is 5.32 Å². The average molecular weight is 242 g/mol. The predicted octanol–water partition coefficient (Wildman–Crippen LogP) is -0.253. The van der Waals surface area contributed by atoms with Gasteiger partial charge in [0.1, 0.15) is 9.84 Å². The zero-order valence-electron chi connectivity index (χ0n) is 8.38. The summed E-state index contributed by atoms with van der Waals surface area (Å²) in [5, 5.41) is 2.68. The Morgan fingerprint density at radius 1 is 1.33 bits per heavy atom. The van der Waals surface area contributed by atoms with Gasteiger partial charge < -0.3 is 11.1 Å². The van der Waals surface area contributed by atoms with Crippen molar-refractivity contribution < 1.29 is 17.2 Å². The van der Waals surface area contributed by atoms with Crippen LogP contribution < -0.4 is 11.1 Å². The van der Waals surface area contributed by atoms with E-state index in [1.54, 1.807) is 0 Å². The van der Waals surface area contributed by atoms with Crippen molar-refractivity contribution in [3.63, 3.8) is 0 Å². The average Bonchev–Trinajstić information content (AvgIpc) is 2.17. The van der Waals surface area contributed by atoms with E-state index in [0.717, 1.165) is 0 Å². The summed E-state index contributed by atoms with van der Waals surface area (Å²) >= 11 is 0. The van der Waals surface area contributed by atoms with Gasteiger partial charge in [0.25, 0.3) is 6.43 Å². The highest BCUT2D eigenvalue weighted by Gasteiger charge is 2.36. The molecule has 0 saturated carbocycles. The van der Waals surface area contributed by atoms with Crippen LogP contribution in [-0.4, -0.2) is 45.0 Å². The molecule has 0 atom stereocenters. The van der Waals surface area contributed by atoms with Crippen molar-refractivity contribution in [2.75, 3.05) is 24.6 Å². The van der Waals surface area contributed by atoms with Crippen LogP contribution >= 0.6 is 0 Å². The Labute approximate surface area is 88.1 Å². The minimum absolute atomic E-state index is 0.0282. The number of alkyl halides is 2. The van der Waals surface area contributed by atoms with Gasteiger partial charge in [0.15, 0.2) is 0 Å². The molecule has 0 amide bonds. The summed E-state index contributed by atoms with van der Waals surface area (Å²) in [6, 6.07) is 0. The van der Waals surface area contributed by atoms with Crippen LogP contribution in [0.1, 0.15) is 12.8 Å². The van der Waals surface area contributed by atoms with Crippen molar-refractivity contribution in [1.82, 2.24) is 5.32 Å². The lowest BCUT2D eigenvalue weighted by Gasteiger charge is -2.37. The van der Waals surface area contributed by atoms with Gasteiger partial charge in [-0.1, -0.05) is 0 Å². The smallest absolute Gasteiger partial charge is 0.250 e. The lowest BCUT2D eigenvalue weighted by Crippen LogP contribution is -2.56. The number of sulfone groups is 1. The fraction of sp³-hybridized carbons (Fsp3) is 1.00. The van der Waals surface area contributed by atoms with E-state index >= 15 is 0 Å². The molecule has 3 N–H and O–H groups in total. The van der Waals surface area contributed by atoms with Crippen LogP contribution in [0.2, 0.25) is 0 Å². The molecule has 1 heterocycles. The molecule has 7 heteroatoms. The summed E-state index contributed by atoms with van der Waals surface area (Å²) < 4.78 is 46.4. The van der Waals surface area contributed by atoms with E-state index in [1.807, 2.05) is 0 Å². The van der Waals surface area contributed by atoms with Crippen molar-refractivity contribution in [3.05, 3.63) is 0 Å². The Bertz CT molecular complexity index is 292. The van der Waals surface area contributed by atoms with Gasteiger partial charge in [0.2, 0.25) is 0 Å². The number of nitrogens with one attached hydrogen (secondary N) is 1. The third kappa shape index (κ3) is 3.66. The molecule has 1 fully saturated rings. The molecule has 0 unspecified atom stereocenters. The van der Waals surface area contributed by atoms with Gasteiger partial charge in [-0.15, -0.1) is 0 Å². The van der Waals surface area contributed by atoms with E-state index in [1.165, 1.54) is 0 Å². The van der Waals surface area contributed by atoms with E-state index in [4.69, 9.17) is 5.73 Å². The van der Waals surface area contributed by atoms with Crippen LogP contribution in [0.15, 0.2) is 0 Å². The molecule has 0 aromatic rings. The molecular formula is C8H16F2N2O2S. The quantitative estimate of drug-likeness (QED) is 0.713. The van der Waals surface area contributed by atoms with Crippen LogP contribution in [0, 0.1) is 0 Å². The second-order valence-electron chi connectivity index (χ2n) is 3.91. The summed E-state index contributed by atoms with van der Waals surface area (Å²) in [5.41, 5.74) is 4.89. The topological polar surface area (TPSA) is 72.2 Å². The first-order valence-corrected chi connectivity index (χ1v) is 6.65. The van der Waals surface area contributed by atoms with E-state index in [9.17, 15) is 17.2 Å². The third-order valence-electron chi connectivity index (χ3n) is 2.81. The number of halogens is 2. The summed E-state index contributed by atoms with van der Waals surface area (Å²) in [6.07, 6.45) is -1.80. The Kier molecular flexibility index (Phi) is 4.02. The van der Waals surface area contributed by atoms with Crippen molar-refractivity contribution >= 4 is 9.84 Å². The summed E-state index contributed by atoms with van der Waals surface area (Å²) in [4.78, 5) is 0. The SMILES string of the molecule is NCC1(NCC(F)F)CCS(=O)(=O)CC1. The van der Waals surface area contributed by atoms with Gasteiger partial charge in [0.05, 0.1) is 18.1 Å². The summed E-state index contributed by atoms with van der Waals surface area (Å²) in [5.74, 6) is 0.0564. The molecule has 0 aromatic carbocycles. The predicted molar refractivity (Wildman–Crippen MR) is 53.7 cm³/mol. The molecule has 0 bridgehead atoms. The molecule has 4 nitrogen and oxygen atoms in total. The number of hydrogen-bond donors (Lipinski definition) is 2. The molecule has 1 aliphatic heterocycles. The maximum absolute atomic E-state index is 12.0. The third-order valence-corrected chi connectivity index (χ3v) is 4.46. The first-order valence-electron chi connectivity index (χ1n) is 4.83. The lowest BCUT2D eigenvalue weighted by atomic mass is 9.92. The second-order valence-corrected chi connectivity index (χ2v) is 6.21. The minimum atomic E-state index is -2.99. The van der Waals surface area contributed by atoms with Crippen molar-refractivity contribution in [2.45, 2.75) is 24.8 Å². The standard InChI is InChI=1S/C8H16F2N2O2S/c9-7(10)5-12-8(6-11)1-3-15(13,14)4-2-8/h7,12H,1-6,11H2. The maximum Gasteiger partial charge on any atom is 0.250 e. The van der Waals surface area contributed by atoms with Crippen LogP contribution in [0.4, 0.5) is 8.78 Å². The largest absolute Gasteiger partial charge is 0.329 e. The molecule has 0 spiro atoms. The van der Waals surface area contributed by atoms with Crippen LogP contribution in [0.5, 0.6) is 0 Å². The number of nitrogens with two attached hydrogens (primary N) is 1. The van der Waals surface area contributed by atoms with Crippen molar-refractivity contribution in [1.29, 1.82) is 0 Å². The van der Waals surface area contributed by atoms with Crippen LogP contribution in [-0.2, 0) is 9.84 Å². The molecular weight excluding hydrogens is 226 g/mol. The summed E-state index contributed by atoms with van der Waals surface area (Å²) in [6.45, 7) is -0.244. The lowest BCUT2D eigenvalue weighted by molar-refractivity contribution is 0.127. The Morgan fingerprint density at radius 2 is 1.87 bits per heavy atom. The van der Waals surface area contributed by atoms with Crippen LogP contribution in [0.3, 0.4) is 0 Å². The number of rotatable bonds is 4. The molecule has 90 valence electrons. The Hall–Kier alpha value is -0.270. The van der Waals surface area contributed by atoms with Gasteiger partial charge in [-0.05, 0) is 12.8 Å². The van der Waals surface area contributed by atoms with Crippen LogP contribution in [0.25, 0.3) is 0 Å².